The zero-order chi connectivity index (χ0) is 47.2. The maximum atomic E-state index is 12.5. The van der Waals surface area contributed by atoms with E-state index in [-0.39, 0.29) is 12.5 Å². The van der Waals surface area contributed by atoms with E-state index in [9.17, 15) is 20.1 Å². The highest BCUT2D eigenvalue weighted by atomic mass is 16.3. The number of carbonyl (C=O) groups is 1. The Balaban J connectivity index is 3.46. The van der Waals surface area contributed by atoms with Crippen molar-refractivity contribution in [2.75, 3.05) is 6.61 Å². The zero-order valence-electron chi connectivity index (χ0n) is 43.9. The molecule has 0 bridgehead atoms. The summed E-state index contributed by atoms with van der Waals surface area (Å²) in [6, 6.07) is -0.831. The number of hydrogen-bond acceptors (Lipinski definition) is 4. The lowest BCUT2D eigenvalue weighted by Crippen LogP contribution is -2.50. The van der Waals surface area contributed by atoms with Crippen molar-refractivity contribution in [2.24, 2.45) is 0 Å². The average Bonchev–Trinajstić information content (AvgIpc) is 3.31. The van der Waals surface area contributed by atoms with Crippen LogP contribution in [-0.4, -0.2) is 46.1 Å². The molecule has 0 aliphatic heterocycles. The van der Waals surface area contributed by atoms with Gasteiger partial charge in [-0.15, -0.1) is 0 Å². The Bertz CT molecular complexity index is 1010. The van der Waals surface area contributed by atoms with Crippen LogP contribution in [-0.2, 0) is 4.79 Å². The van der Waals surface area contributed by atoms with Crippen LogP contribution in [0.5, 0.6) is 0 Å². The molecule has 0 radical (unpaired) electrons. The van der Waals surface area contributed by atoms with E-state index in [1.807, 2.05) is 0 Å². The van der Waals surface area contributed by atoms with Crippen molar-refractivity contribution < 1.29 is 20.1 Å². The van der Waals surface area contributed by atoms with Gasteiger partial charge in [-0.25, -0.2) is 0 Å². The maximum Gasteiger partial charge on any atom is 0.220 e. The second-order valence-electron chi connectivity index (χ2n) is 20.2. The summed E-state index contributed by atoms with van der Waals surface area (Å²) >= 11 is 0. The molecule has 4 N–H and O–H groups in total. The Labute approximate surface area is 406 Å². The van der Waals surface area contributed by atoms with E-state index in [1.54, 1.807) is 0 Å². The van der Waals surface area contributed by atoms with Crippen molar-refractivity contribution in [3.8, 4) is 0 Å². The number of amides is 1. The highest BCUT2D eigenvalue weighted by Gasteiger charge is 2.26. The van der Waals surface area contributed by atoms with E-state index >= 15 is 0 Å². The normalized spacial score (nSPS) is 13.5. The second-order valence-corrected chi connectivity index (χ2v) is 20.2. The van der Waals surface area contributed by atoms with E-state index in [2.05, 4.69) is 55.6 Å². The van der Waals surface area contributed by atoms with E-state index in [4.69, 9.17) is 0 Å². The van der Waals surface area contributed by atoms with E-state index in [0.717, 1.165) is 44.9 Å². The molecule has 0 aliphatic carbocycles. The van der Waals surface area contributed by atoms with Gasteiger partial charge in [0, 0.05) is 6.42 Å². The van der Waals surface area contributed by atoms with Crippen molar-refractivity contribution in [1.29, 1.82) is 0 Å². The number of carbonyl (C=O) groups excluding carboxylic acids is 1. The third-order valence-electron chi connectivity index (χ3n) is 13.7. The number of rotatable bonds is 54. The van der Waals surface area contributed by atoms with Crippen LogP contribution in [0.15, 0.2) is 36.5 Å². The van der Waals surface area contributed by atoms with Crippen molar-refractivity contribution in [3.63, 3.8) is 0 Å². The Hall–Kier alpha value is -1.43. The lowest BCUT2D eigenvalue weighted by Gasteiger charge is -2.26. The maximum absolute atomic E-state index is 12.5. The highest BCUT2D eigenvalue weighted by molar-refractivity contribution is 5.76. The first-order valence-electron chi connectivity index (χ1n) is 29.3. The van der Waals surface area contributed by atoms with Crippen molar-refractivity contribution >= 4 is 5.91 Å². The fourth-order valence-corrected chi connectivity index (χ4v) is 9.18. The molecule has 0 aromatic rings. The third kappa shape index (κ3) is 50.3. The van der Waals surface area contributed by atoms with Gasteiger partial charge in [0.15, 0.2) is 0 Å². The van der Waals surface area contributed by atoms with Crippen molar-refractivity contribution in [2.45, 2.75) is 334 Å². The summed E-state index contributed by atoms with van der Waals surface area (Å²) in [5.74, 6) is -0.155. The first-order chi connectivity index (χ1) is 32.1. The smallest absolute Gasteiger partial charge is 0.220 e. The molecule has 0 rings (SSSR count). The van der Waals surface area contributed by atoms with Crippen LogP contribution in [0.1, 0.15) is 316 Å². The number of aliphatic hydroxyl groups is 3. The van der Waals surface area contributed by atoms with Crippen LogP contribution in [0, 0.1) is 0 Å². The van der Waals surface area contributed by atoms with E-state index in [1.165, 1.54) is 244 Å². The molecule has 65 heavy (non-hydrogen) atoms. The Morgan fingerprint density at radius 2 is 0.631 bits per heavy atom. The molecule has 0 aromatic carbocycles. The molecular formula is C60H115NO4. The Morgan fingerprint density at radius 1 is 0.369 bits per heavy atom. The lowest BCUT2D eigenvalue weighted by atomic mass is 10.0. The summed E-state index contributed by atoms with van der Waals surface area (Å²) in [7, 11) is 0. The quantitative estimate of drug-likeness (QED) is 0.0361. The predicted molar refractivity (Wildman–Crippen MR) is 287 cm³/mol. The van der Waals surface area contributed by atoms with Gasteiger partial charge in [0.25, 0.3) is 0 Å². The molecule has 0 aromatic heterocycles. The van der Waals surface area contributed by atoms with Gasteiger partial charge >= 0.3 is 0 Å². The van der Waals surface area contributed by atoms with Crippen LogP contribution < -0.4 is 5.32 Å². The van der Waals surface area contributed by atoms with Crippen LogP contribution in [0.2, 0.25) is 0 Å². The molecule has 3 unspecified atom stereocenters. The number of nitrogens with one attached hydrogen (secondary N) is 1. The lowest BCUT2D eigenvalue weighted by molar-refractivity contribution is -0.124. The van der Waals surface area contributed by atoms with Gasteiger partial charge in [-0.05, 0) is 77.0 Å². The number of unbranched alkanes of at least 4 members (excludes halogenated alkanes) is 40. The van der Waals surface area contributed by atoms with Gasteiger partial charge in [-0.1, -0.05) is 269 Å². The highest BCUT2D eigenvalue weighted by Crippen LogP contribution is 2.17. The Kier molecular flexibility index (Phi) is 54.0. The summed E-state index contributed by atoms with van der Waals surface area (Å²) in [6.45, 7) is 4.17. The van der Waals surface area contributed by atoms with E-state index in [0.29, 0.717) is 12.8 Å². The molecule has 0 fully saturated rings. The van der Waals surface area contributed by atoms with Gasteiger partial charge in [0.2, 0.25) is 5.91 Å². The molecule has 0 aliphatic rings. The molecule has 0 saturated carbocycles. The summed E-state index contributed by atoms with van der Waals surface area (Å²) in [6.07, 6.45) is 71.9. The first kappa shape index (κ1) is 63.6. The summed E-state index contributed by atoms with van der Waals surface area (Å²) in [5, 5.41) is 33.6. The molecule has 1 amide bonds. The second kappa shape index (κ2) is 55.2. The van der Waals surface area contributed by atoms with Crippen molar-refractivity contribution in [1.82, 2.24) is 5.32 Å². The van der Waals surface area contributed by atoms with Crippen LogP contribution in [0.25, 0.3) is 0 Å². The monoisotopic (exact) mass is 914 g/mol. The van der Waals surface area contributed by atoms with Gasteiger partial charge in [-0.3, -0.25) is 4.79 Å². The fourth-order valence-electron chi connectivity index (χ4n) is 9.18. The molecule has 0 saturated heterocycles. The van der Waals surface area contributed by atoms with Gasteiger partial charge < -0.3 is 20.6 Å². The van der Waals surface area contributed by atoms with Crippen LogP contribution >= 0.6 is 0 Å². The van der Waals surface area contributed by atoms with Gasteiger partial charge in [0.05, 0.1) is 18.8 Å². The van der Waals surface area contributed by atoms with E-state index < -0.39 is 18.2 Å². The number of aliphatic hydroxyl groups excluding tert-OH is 3. The summed E-state index contributed by atoms with van der Waals surface area (Å²) in [4.78, 5) is 12.5. The van der Waals surface area contributed by atoms with Gasteiger partial charge in [-0.2, -0.15) is 0 Å². The molecule has 0 spiro atoms. The molecule has 5 heteroatoms. The molecular weight excluding hydrogens is 799 g/mol. The standard InChI is InChI=1S/C60H115NO4/c1-3-5-7-9-11-13-15-17-19-20-21-22-23-24-25-26-27-28-29-30-31-32-33-34-35-36-37-38-39-40-41-43-45-47-49-51-53-55-59(64)61-57(56-62)60(65)58(63)54-52-50-48-46-44-42-18-16-14-12-10-8-6-4-2/h16,18,28-29,46,48,57-58,60,62-63,65H,3-15,17,19-27,30-45,47,49-56H2,1-2H3,(H,61,64)/b18-16+,29-28-,48-46+. The summed E-state index contributed by atoms with van der Waals surface area (Å²) in [5.41, 5.74) is 0. The minimum absolute atomic E-state index is 0.155. The van der Waals surface area contributed by atoms with Crippen LogP contribution in [0.3, 0.4) is 0 Å². The van der Waals surface area contributed by atoms with Crippen molar-refractivity contribution in [3.05, 3.63) is 36.5 Å². The topological polar surface area (TPSA) is 89.8 Å². The van der Waals surface area contributed by atoms with Gasteiger partial charge in [0.1, 0.15) is 6.10 Å². The molecule has 5 nitrogen and oxygen atoms in total. The molecule has 3 atom stereocenters. The SMILES string of the molecule is CCCCCCC/C=C/CC/C=C/CCCC(O)C(O)C(CO)NC(=O)CCCCCCCCCCCCCCCCCCC/C=C\CCCCCCCCCCCCCCCCCC. The molecule has 0 heterocycles. The summed E-state index contributed by atoms with van der Waals surface area (Å²) < 4.78 is 0. The largest absolute Gasteiger partial charge is 0.394 e. The number of hydrogen-bond donors (Lipinski definition) is 4. The predicted octanol–water partition coefficient (Wildman–Crippen LogP) is 18.2. The number of allylic oxidation sites excluding steroid dienone is 6. The minimum atomic E-state index is -1.17. The first-order valence-corrected chi connectivity index (χ1v) is 29.3. The fraction of sp³-hybridized carbons (Fsp3) is 0.883. The minimum Gasteiger partial charge on any atom is -0.394 e. The zero-order valence-corrected chi connectivity index (χ0v) is 43.9. The van der Waals surface area contributed by atoms with Crippen LogP contribution in [0.4, 0.5) is 0 Å². The Morgan fingerprint density at radius 3 is 0.938 bits per heavy atom. The third-order valence-corrected chi connectivity index (χ3v) is 13.7. The molecule has 384 valence electrons. The average molecular weight is 915 g/mol.